The zero-order valence-electron chi connectivity index (χ0n) is 9.23. The standard InChI is InChI=1S/C12H16N2O2/c1-14-7-3-2-4-9-5-6-11(13)10(8-9)12(15)16/h2,4-6,8,14H,3,7,13H2,1H3,(H,15,16). The second kappa shape index (κ2) is 5.92. The topological polar surface area (TPSA) is 75.3 Å². The lowest BCUT2D eigenvalue weighted by atomic mass is 10.1. The van der Waals surface area contributed by atoms with Crippen LogP contribution in [0.3, 0.4) is 0 Å². The van der Waals surface area contributed by atoms with Crippen molar-refractivity contribution < 1.29 is 9.90 Å². The lowest BCUT2D eigenvalue weighted by molar-refractivity contribution is 0.0698. The highest BCUT2D eigenvalue weighted by atomic mass is 16.4. The summed E-state index contributed by atoms with van der Waals surface area (Å²) in [6, 6.07) is 4.99. The first-order chi connectivity index (χ1) is 7.65. The normalized spacial score (nSPS) is 10.8. The van der Waals surface area contributed by atoms with Crippen molar-refractivity contribution in [1.29, 1.82) is 0 Å². The fourth-order valence-electron chi connectivity index (χ4n) is 1.31. The van der Waals surface area contributed by atoms with Crippen molar-refractivity contribution in [2.75, 3.05) is 19.3 Å². The molecule has 1 rings (SSSR count). The lowest BCUT2D eigenvalue weighted by Crippen LogP contribution is -2.05. The highest BCUT2D eigenvalue weighted by Gasteiger charge is 2.06. The van der Waals surface area contributed by atoms with Crippen molar-refractivity contribution in [3.8, 4) is 0 Å². The number of carboxylic acid groups (broad SMARTS) is 1. The molecule has 0 amide bonds. The Kier molecular flexibility index (Phi) is 4.54. The minimum Gasteiger partial charge on any atom is -0.478 e. The number of aromatic carboxylic acids is 1. The van der Waals surface area contributed by atoms with Crippen LogP contribution in [-0.2, 0) is 0 Å². The first-order valence-corrected chi connectivity index (χ1v) is 5.09. The van der Waals surface area contributed by atoms with Gasteiger partial charge in [-0.15, -0.1) is 0 Å². The predicted octanol–water partition coefficient (Wildman–Crippen LogP) is 1.59. The van der Waals surface area contributed by atoms with Crippen molar-refractivity contribution in [2.45, 2.75) is 6.42 Å². The smallest absolute Gasteiger partial charge is 0.337 e. The number of nitrogen functional groups attached to an aromatic ring is 1. The van der Waals surface area contributed by atoms with Gasteiger partial charge in [-0.05, 0) is 37.7 Å². The predicted molar refractivity (Wildman–Crippen MR) is 65.4 cm³/mol. The zero-order valence-corrected chi connectivity index (χ0v) is 9.23. The second-order valence-corrected chi connectivity index (χ2v) is 3.45. The molecule has 0 bridgehead atoms. The number of carbonyl (C=O) groups is 1. The van der Waals surface area contributed by atoms with Gasteiger partial charge in [0.15, 0.2) is 0 Å². The van der Waals surface area contributed by atoms with Crippen LogP contribution in [0.25, 0.3) is 6.08 Å². The molecule has 16 heavy (non-hydrogen) atoms. The molecule has 0 spiro atoms. The van der Waals surface area contributed by atoms with Crippen molar-refractivity contribution in [3.05, 3.63) is 35.4 Å². The van der Waals surface area contributed by atoms with E-state index in [9.17, 15) is 4.79 Å². The van der Waals surface area contributed by atoms with Crippen LogP contribution in [0.4, 0.5) is 5.69 Å². The number of benzene rings is 1. The van der Waals surface area contributed by atoms with E-state index in [0.717, 1.165) is 18.5 Å². The Hall–Kier alpha value is -1.81. The van der Waals surface area contributed by atoms with E-state index in [1.165, 1.54) is 0 Å². The molecule has 0 fully saturated rings. The Balaban J connectivity index is 2.78. The summed E-state index contributed by atoms with van der Waals surface area (Å²) in [6.07, 6.45) is 4.79. The van der Waals surface area contributed by atoms with Crippen molar-refractivity contribution in [3.63, 3.8) is 0 Å². The fraction of sp³-hybridized carbons (Fsp3) is 0.250. The highest BCUT2D eigenvalue weighted by molar-refractivity contribution is 5.94. The van der Waals surface area contributed by atoms with Gasteiger partial charge in [0, 0.05) is 5.69 Å². The maximum Gasteiger partial charge on any atom is 0.337 e. The van der Waals surface area contributed by atoms with Gasteiger partial charge in [-0.25, -0.2) is 4.79 Å². The number of nitrogens with two attached hydrogens (primary N) is 1. The Morgan fingerprint density at radius 2 is 2.31 bits per heavy atom. The third-order valence-electron chi connectivity index (χ3n) is 2.18. The Labute approximate surface area is 94.8 Å². The van der Waals surface area contributed by atoms with Crippen LogP contribution in [0.5, 0.6) is 0 Å². The van der Waals surface area contributed by atoms with Crippen LogP contribution in [-0.4, -0.2) is 24.7 Å². The molecule has 4 nitrogen and oxygen atoms in total. The summed E-state index contributed by atoms with van der Waals surface area (Å²) in [5.74, 6) is -0.997. The molecule has 0 saturated heterocycles. The van der Waals surface area contributed by atoms with E-state index in [0.29, 0.717) is 5.69 Å². The van der Waals surface area contributed by atoms with Crippen molar-refractivity contribution >= 4 is 17.7 Å². The van der Waals surface area contributed by atoms with Gasteiger partial charge in [0.05, 0.1) is 5.56 Å². The number of hydrogen-bond acceptors (Lipinski definition) is 3. The molecule has 0 heterocycles. The molecule has 1 aromatic rings. The molecule has 0 aliphatic heterocycles. The average Bonchev–Trinajstić information content (AvgIpc) is 2.26. The molecule has 0 saturated carbocycles. The van der Waals surface area contributed by atoms with Crippen LogP contribution in [0, 0.1) is 0 Å². The maximum absolute atomic E-state index is 10.8. The number of rotatable bonds is 5. The monoisotopic (exact) mass is 220 g/mol. The molecule has 0 aliphatic rings. The molecular formula is C12H16N2O2. The number of nitrogens with one attached hydrogen (secondary N) is 1. The van der Waals surface area contributed by atoms with Gasteiger partial charge in [0.25, 0.3) is 0 Å². The Morgan fingerprint density at radius 3 is 2.94 bits per heavy atom. The van der Waals surface area contributed by atoms with Crippen LogP contribution in [0.1, 0.15) is 22.3 Å². The minimum absolute atomic E-state index is 0.149. The van der Waals surface area contributed by atoms with E-state index in [1.807, 2.05) is 19.2 Å². The van der Waals surface area contributed by atoms with E-state index in [1.54, 1.807) is 18.2 Å². The molecule has 0 unspecified atom stereocenters. The zero-order chi connectivity index (χ0) is 12.0. The SMILES string of the molecule is CNCCC=Cc1ccc(N)c(C(=O)O)c1. The summed E-state index contributed by atoms with van der Waals surface area (Å²) >= 11 is 0. The summed E-state index contributed by atoms with van der Waals surface area (Å²) in [6.45, 7) is 0.900. The summed E-state index contributed by atoms with van der Waals surface area (Å²) in [5, 5.41) is 11.9. The van der Waals surface area contributed by atoms with Gasteiger partial charge >= 0.3 is 5.97 Å². The van der Waals surface area contributed by atoms with E-state index in [2.05, 4.69) is 5.32 Å². The van der Waals surface area contributed by atoms with Crippen LogP contribution >= 0.6 is 0 Å². The van der Waals surface area contributed by atoms with Gasteiger partial charge in [-0.2, -0.15) is 0 Å². The molecular weight excluding hydrogens is 204 g/mol. The first-order valence-electron chi connectivity index (χ1n) is 5.09. The Bertz CT molecular complexity index is 400. The minimum atomic E-state index is -0.997. The molecule has 1 aromatic carbocycles. The highest BCUT2D eigenvalue weighted by Crippen LogP contribution is 2.15. The Morgan fingerprint density at radius 1 is 1.56 bits per heavy atom. The van der Waals surface area contributed by atoms with Gasteiger partial charge in [0.2, 0.25) is 0 Å². The summed E-state index contributed by atoms with van der Waals surface area (Å²) in [5.41, 5.74) is 6.84. The quantitative estimate of drug-likeness (QED) is 0.520. The molecule has 0 atom stereocenters. The summed E-state index contributed by atoms with van der Waals surface area (Å²) < 4.78 is 0. The van der Waals surface area contributed by atoms with Crippen LogP contribution < -0.4 is 11.1 Å². The van der Waals surface area contributed by atoms with E-state index in [4.69, 9.17) is 10.8 Å². The van der Waals surface area contributed by atoms with Crippen LogP contribution in [0.2, 0.25) is 0 Å². The lowest BCUT2D eigenvalue weighted by Gasteiger charge is -2.01. The van der Waals surface area contributed by atoms with E-state index in [-0.39, 0.29) is 5.56 Å². The molecule has 0 aromatic heterocycles. The first kappa shape index (κ1) is 12.3. The maximum atomic E-state index is 10.8. The summed E-state index contributed by atoms with van der Waals surface area (Å²) in [4.78, 5) is 10.8. The van der Waals surface area contributed by atoms with Gasteiger partial charge in [-0.1, -0.05) is 18.2 Å². The fourth-order valence-corrected chi connectivity index (χ4v) is 1.31. The van der Waals surface area contributed by atoms with Crippen molar-refractivity contribution in [1.82, 2.24) is 5.32 Å². The van der Waals surface area contributed by atoms with Gasteiger partial charge in [-0.3, -0.25) is 0 Å². The second-order valence-electron chi connectivity index (χ2n) is 3.45. The molecule has 4 N–H and O–H groups in total. The van der Waals surface area contributed by atoms with E-state index >= 15 is 0 Å². The molecule has 0 radical (unpaired) electrons. The molecule has 0 aliphatic carbocycles. The molecule has 86 valence electrons. The largest absolute Gasteiger partial charge is 0.478 e. The summed E-state index contributed by atoms with van der Waals surface area (Å²) in [7, 11) is 1.89. The van der Waals surface area contributed by atoms with E-state index < -0.39 is 5.97 Å². The molecule has 4 heteroatoms. The van der Waals surface area contributed by atoms with Crippen LogP contribution in [0.15, 0.2) is 24.3 Å². The number of anilines is 1. The van der Waals surface area contributed by atoms with Crippen molar-refractivity contribution in [2.24, 2.45) is 0 Å². The number of hydrogen-bond donors (Lipinski definition) is 3. The average molecular weight is 220 g/mol. The third-order valence-corrected chi connectivity index (χ3v) is 2.18. The third kappa shape index (κ3) is 3.40. The van der Waals surface area contributed by atoms with Gasteiger partial charge < -0.3 is 16.2 Å². The number of carboxylic acids is 1. The van der Waals surface area contributed by atoms with Gasteiger partial charge in [0.1, 0.15) is 0 Å².